The summed E-state index contributed by atoms with van der Waals surface area (Å²) < 4.78 is 0. The number of carbonyl (C=O) groups excluding carboxylic acids is 2. The van der Waals surface area contributed by atoms with Crippen LogP contribution in [0.1, 0.15) is 56.6 Å². The first-order valence-corrected chi connectivity index (χ1v) is 14.2. The van der Waals surface area contributed by atoms with Gasteiger partial charge in [-0.3, -0.25) is 9.59 Å². The lowest BCUT2D eigenvalue weighted by Crippen LogP contribution is -2.51. The second kappa shape index (κ2) is 16.6. The number of carbonyl (C=O) groups is 2. The van der Waals surface area contributed by atoms with Gasteiger partial charge in [-0.15, -0.1) is 0 Å². The Morgan fingerprint density at radius 1 is 1.20 bits per heavy atom. The van der Waals surface area contributed by atoms with Crippen molar-refractivity contribution in [3.05, 3.63) is 53.7 Å². The molecule has 0 spiro atoms. The van der Waals surface area contributed by atoms with Crippen LogP contribution < -0.4 is 16.0 Å². The highest BCUT2D eigenvalue weighted by atomic mass is 16.2. The van der Waals surface area contributed by atoms with E-state index < -0.39 is 6.04 Å². The standard InChI is InChI=1S/C31H40N8O2/c1-4-18-33-29-25(23-35-31(37-29)36-26-16-14-24(22-32)15-17-26)11-6-5-8-19-34-30(41)27-12-7-9-21-39(27)28(40)13-10-20-38(2)3/h10,13-17,23,27H,4-5,7-9,12,18-21H2,1-3H3,(H,34,41)(H2,33,35,36,37)/t27-/m1/s1. The van der Waals surface area contributed by atoms with E-state index in [9.17, 15) is 9.59 Å². The molecule has 0 radical (unpaired) electrons. The van der Waals surface area contributed by atoms with Crippen molar-refractivity contribution in [1.82, 2.24) is 25.1 Å². The van der Waals surface area contributed by atoms with Gasteiger partial charge >= 0.3 is 0 Å². The van der Waals surface area contributed by atoms with E-state index in [1.807, 2.05) is 25.1 Å². The van der Waals surface area contributed by atoms with Gasteiger partial charge in [-0.25, -0.2) is 4.98 Å². The van der Waals surface area contributed by atoms with Crippen molar-refractivity contribution in [2.45, 2.75) is 51.5 Å². The minimum Gasteiger partial charge on any atom is -0.369 e. The van der Waals surface area contributed by atoms with E-state index in [2.05, 4.69) is 50.8 Å². The van der Waals surface area contributed by atoms with Crippen LogP contribution in [0.15, 0.2) is 42.6 Å². The smallest absolute Gasteiger partial charge is 0.246 e. The van der Waals surface area contributed by atoms with Crippen LogP contribution in [-0.2, 0) is 9.59 Å². The average Bonchev–Trinajstić information content (AvgIpc) is 2.98. The maximum Gasteiger partial charge on any atom is 0.246 e. The number of nitriles is 1. The molecule has 10 nitrogen and oxygen atoms in total. The van der Waals surface area contributed by atoms with Crippen LogP contribution >= 0.6 is 0 Å². The molecule has 1 aromatic carbocycles. The summed E-state index contributed by atoms with van der Waals surface area (Å²) in [6.07, 6.45) is 9.85. The molecule has 41 heavy (non-hydrogen) atoms. The van der Waals surface area contributed by atoms with E-state index in [4.69, 9.17) is 5.26 Å². The molecule has 1 fully saturated rings. The van der Waals surface area contributed by atoms with E-state index in [1.54, 1.807) is 41.4 Å². The third-order valence-electron chi connectivity index (χ3n) is 6.42. The van der Waals surface area contributed by atoms with Gasteiger partial charge in [0.15, 0.2) is 0 Å². The summed E-state index contributed by atoms with van der Waals surface area (Å²) in [7, 11) is 3.89. The third kappa shape index (κ3) is 10.3. The first kappa shape index (κ1) is 31.1. The van der Waals surface area contributed by atoms with Crippen LogP contribution in [0.4, 0.5) is 17.5 Å². The fourth-order valence-corrected chi connectivity index (χ4v) is 4.26. The van der Waals surface area contributed by atoms with Crippen molar-refractivity contribution in [3.8, 4) is 17.9 Å². The maximum atomic E-state index is 12.9. The van der Waals surface area contributed by atoms with E-state index in [0.717, 1.165) is 31.5 Å². The summed E-state index contributed by atoms with van der Waals surface area (Å²) in [5.41, 5.74) is 2.07. The van der Waals surface area contributed by atoms with Gasteiger partial charge in [-0.05, 0) is 70.5 Å². The Labute approximate surface area is 243 Å². The molecule has 216 valence electrons. The summed E-state index contributed by atoms with van der Waals surface area (Å²) in [4.78, 5) is 38.2. The van der Waals surface area contributed by atoms with Crippen molar-refractivity contribution in [1.29, 1.82) is 5.26 Å². The fourth-order valence-electron chi connectivity index (χ4n) is 4.26. The minimum atomic E-state index is -0.424. The second-order valence-corrected chi connectivity index (χ2v) is 10.1. The van der Waals surface area contributed by atoms with Gasteiger partial charge in [0.05, 0.1) is 23.4 Å². The molecule has 0 unspecified atom stereocenters. The number of aromatic nitrogens is 2. The molecule has 1 aliphatic rings. The molecule has 1 aromatic heterocycles. The largest absolute Gasteiger partial charge is 0.369 e. The number of likely N-dealkylation sites (tertiary alicyclic amines) is 1. The molecule has 1 aliphatic heterocycles. The van der Waals surface area contributed by atoms with Crippen LogP contribution in [-0.4, -0.2) is 77.9 Å². The van der Waals surface area contributed by atoms with Crippen molar-refractivity contribution in [2.24, 2.45) is 0 Å². The lowest BCUT2D eigenvalue weighted by molar-refractivity contribution is -0.138. The summed E-state index contributed by atoms with van der Waals surface area (Å²) in [6.45, 7) is 4.61. The Bertz CT molecular complexity index is 1290. The Hall–Kier alpha value is -4.41. The van der Waals surface area contributed by atoms with E-state index in [-0.39, 0.29) is 11.8 Å². The molecule has 3 N–H and O–H groups in total. The molecule has 3 rings (SSSR count). The number of nitrogens with zero attached hydrogens (tertiary/aromatic N) is 5. The van der Waals surface area contributed by atoms with Crippen LogP contribution in [0, 0.1) is 23.2 Å². The topological polar surface area (TPSA) is 126 Å². The van der Waals surface area contributed by atoms with Crippen molar-refractivity contribution >= 4 is 29.3 Å². The van der Waals surface area contributed by atoms with E-state index in [1.165, 1.54) is 0 Å². The lowest BCUT2D eigenvalue weighted by atomic mass is 10.0. The number of benzene rings is 1. The summed E-state index contributed by atoms with van der Waals surface area (Å²) >= 11 is 0. The molecule has 0 aliphatic carbocycles. The Morgan fingerprint density at radius 2 is 2.00 bits per heavy atom. The minimum absolute atomic E-state index is 0.100. The molecular formula is C31H40N8O2. The lowest BCUT2D eigenvalue weighted by Gasteiger charge is -2.34. The van der Waals surface area contributed by atoms with Gasteiger partial charge in [-0.1, -0.05) is 24.8 Å². The number of unbranched alkanes of at least 4 members (excludes halogenated alkanes) is 1. The van der Waals surface area contributed by atoms with Crippen molar-refractivity contribution < 1.29 is 9.59 Å². The predicted molar refractivity (Wildman–Crippen MR) is 161 cm³/mol. The monoisotopic (exact) mass is 556 g/mol. The van der Waals surface area contributed by atoms with Crippen LogP contribution in [0.3, 0.4) is 0 Å². The molecular weight excluding hydrogens is 516 g/mol. The summed E-state index contributed by atoms with van der Waals surface area (Å²) in [6, 6.07) is 8.76. The van der Waals surface area contributed by atoms with Crippen LogP contribution in [0.5, 0.6) is 0 Å². The van der Waals surface area contributed by atoms with Gasteiger partial charge in [0.2, 0.25) is 17.8 Å². The number of anilines is 3. The maximum absolute atomic E-state index is 12.9. The number of hydrogen-bond donors (Lipinski definition) is 3. The van der Waals surface area contributed by atoms with Crippen LogP contribution in [0.2, 0.25) is 0 Å². The van der Waals surface area contributed by atoms with Gasteiger partial charge in [-0.2, -0.15) is 10.2 Å². The number of rotatable bonds is 12. The number of piperidine rings is 1. The van der Waals surface area contributed by atoms with E-state index >= 15 is 0 Å². The first-order valence-electron chi connectivity index (χ1n) is 14.2. The number of amides is 2. The zero-order chi connectivity index (χ0) is 29.5. The second-order valence-electron chi connectivity index (χ2n) is 10.1. The molecule has 0 bridgehead atoms. The quantitative estimate of drug-likeness (QED) is 0.205. The summed E-state index contributed by atoms with van der Waals surface area (Å²) in [5.74, 6) is 7.20. The Morgan fingerprint density at radius 3 is 2.73 bits per heavy atom. The number of nitrogens with one attached hydrogen (secondary N) is 3. The molecule has 2 amide bonds. The zero-order valence-electron chi connectivity index (χ0n) is 24.2. The highest BCUT2D eigenvalue weighted by Gasteiger charge is 2.30. The molecule has 2 heterocycles. The Balaban J connectivity index is 1.52. The van der Waals surface area contributed by atoms with Crippen LogP contribution in [0.25, 0.3) is 0 Å². The van der Waals surface area contributed by atoms with Gasteiger partial charge < -0.3 is 25.8 Å². The summed E-state index contributed by atoms with van der Waals surface area (Å²) in [5, 5.41) is 18.4. The zero-order valence-corrected chi connectivity index (χ0v) is 24.2. The fraction of sp³-hybridized carbons (Fsp3) is 0.452. The normalized spacial score (nSPS) is 14.7. The van der Waals surface area contributed by atoms with Gasteiger partial charge in [0.25, 0.3) is 0 Å². The molecule has 2 aromatic rings. The average molecular weight is 557 g/mol. The number of hydrogen-bond acceptors (Lipinski definition) is 8. The highest BCUT2D eigenvalue weighted by Crippen LogP contribution is 2.19. The van der Waals surface area contributed by atoms with Crippen molar-refractivity contribution in [3.63, 3.8) is 0 Å². The Kier molecular flexibility index (Phi) is 12.6. The molecule has 0 saturated carbocycles. The van der Waals surface area contributed by atoms with Crippen molar-refractivity contribution in [2.75, 3.05) is 50.9 Å². The van der Waals surface area contributed by atoms with E-state index in [0.29, 0.717) is 61.8 Å². The van der Waals surface area contributed by atoms with Gasteiger partial charge in [0, 0.05) is 44.4 Å². The molecule has 10 heteroatoms. The van der Waals surface area contributed by atoms with Gasteiger partial charge in [0.1, 0.15) is 11.9 Å². The first-order chi connectivity index (χ1) is 19.9. The molecule has 1 saturated heterocycles. The predicted octanol–water partition coefficient (Wildman–Crippen LogP) is 3.66. The molecule has 1 atom stereocenters. The highest BCUT2D eigenvalue weighted by molar-refractivity contribution is 5.93. The third-order valence-corrected chi connectivity index (χ3v) is 6.42. The SMILES string of the molecule is CCCNc1nc(Nc2ccc(C#N)cc2)ncc1C#CCCCNC(=O)[C@H]1CCCCN1C(=O)C=CCN(C)C. The number of likely N-dealkylation sites (N-methyl/N-ethyl adjacent to an activating group) is 1.